The topological polar surface area (TPSA) is 74.6 Å². The van der Waals surface area contributed by atoms with Gasteiger partial charge in [0, 0.05) is 15.7 Å². The van der Waals surface area contributed by atoms with Crippen molar-refractivity contribution in [3.63, 3.8) is 0 Å². The molecular weight excluding hydrogens is 252 g/mol. The SMILES string of the molecule is O=C(O)CCSc1cc(Cl)ccc1C(=O)O. The second-order valence-electron chi connectivity index (χ2n) is 2.94. The van der Waals surface area contributed by atoms with Crippen molar-refractivity contribution in [3.8, 4) is 0 Å². The first-order chi connectivity index (χ1) is 7.50. The van der Waals surface area contributed by atoms with Gasteiger partial charge in [0.1, 0.15) is 0 Å². The normalized spacial score (nSPS) is 10.1. The lowest BCUT2D eigenvalue weighted by atomic mass is 10.2. The summed E-state index contributed by atoms with van der Waals surface area (Å²) in [5, 5.41) is 17.8. The Morgan fingerprint density at radius 3 is 2.56 bits per heavy atom. The summed E-state index contributed by atoms with van der Waals surface area (Å²) in [6, 6.07) is 4.43. The highest BCUT2D eigenvalue weighted by Crippen LogP contribution is 2.26. The van der Waals surface area contributed by atoms with Crippen LogP contribution in [0.15, 0.2) is 23.1 Å². The number of carboxylic acids is 2. The summed E-state index contributed by atoms with van der Waals surface area (Å²) in [6.07, 6.45) is -0.0176. The average molecular weight is 261 g/mol. The Morgan fingerprint density at radius 2 is 2.00 bits per heavy atom. The number of halogens is 1. The molecule has 86 valence electrons. The summed E-state index contributed by atoms with van der Waals surface area (Å²) in [7, 11) is 0. The molecule has 0 atom stereocenters. The fraction of sp³-hybridized carbons (Fsp3) is 0.200. The molecule has 0 radical (unpaired) electrons. The third-order valence-corrected chi connectivity index (χ3v) is 3.04. The second-order valence-corrected chi connectivity index (χ2v) is 4.51. The molecule has 0 unspecified atom stereocenters. The minimum Gasteiger partial charge on any atom is -0.481 e. The molecule has 0 saturated heterocycles. The van der Waals surface area contributed by atoms with Gasteiger partial charge in [0.15, 0.2) is 0 Å². The number of hydrogen-bond acceptors (Lipinski definition) is 3. The number of thioether (sulfide) groups is 1. The summed E-state index contributed by atoms with van der Waals surface area (Å²) < 4.78 is 0. The van der Waals surface area contributed by atoms with Crippen LogP contribution in [0.2, 0.25) is 5.02 Å². The first-order valence-corrected chi connectivity index (χ1v) is 5.74. The van der Waals surface area contributed by atoms with Crippen LogP contribution in [0, 0.1) is 0 Å². The molecular formula is C10H9ClO4S. The molecule has 0 aliphatic heterocycles. The molecule has 0 aliphatic rings. The number of aromatic carboxylic acids is 1. The van der Waals surface area contributed by atoms with Gasteiger partial charge in [-0.15, -0.1) is 11.8 Å². The molecule has 1 aromatic carbocycles. The number of carboxylic acid groups (broad SMARTS) is 2. The van der Waals surface area contributed by atoms with E-state index in [-0.39, 0.29) is 12.0 Å². The monoisotopic (exact) mass is 260 g/mol. The Morgan fingerprint density at radius 1 is 1.31 bits per heavy atom. The van der Waals surface area contributed by atoms with Crippen LogP contribution in [0.4, 0.5) is 0 Å². The Kier molecular flexibility index (Phi) is 4.64. The molecule has 16 heavy (non-hydrogen) atoms. The van der Waals surface area contributed by atoms with Gasteiger partial charge in [0.25, 0.3) is 0 Å². The predicted molar refractivity (Wildman–Crippen MR) is 61.4 cm³/mol. The summed E-state index contributed by atoms with van der Waals surface area (Å²) in [6.45, 7) is 0. The quantitative estimate of drug-likeness (QED) is 0.796. The lowest BCUT2D eigenvalue weighted by Gasteiger charge is -2.05. The van der Waals surface area contributed by atoms with Crippen molar-refractivity contribution in [3.05, 3.63) is 28.8 Å². The molecule has 0 saturated carbocycles. The van der Waals surface area contributed by atoms with Gasteiger partial charge in [0.2, 0.25) is 0 Å². The van der Waals surface area contributed by atoms with Crippen LogP contribution in [0.1, 0.15) is 16.8 Å². The highest BCUT2D eigenvalue weighted by atomic mass is 35.5. The van der Waals surface area contributed by atoms with Gasteiger partial charge in [-0.25, -0.2) is 4.79 Å². The maximum Gasteiger partial charge on any atom is 0.336 e. The van der Waals surface area contributed by atoms with Crippen LogP contribution < -0.4 is 0 Å². The Bertz CT molecular complexity index is 419. The van der Waals surface area contributed by atoms with E-state index in [1.165, 1.54) is 30.0 Å². The summed E-state index contributed by atoms with van der Waals surface area (Å²) in [5.41, 5.74) is 0.139. The second kappa shape index (κ2) is 5.77. The fourth-order valence-corrected chi connectivity index (χ4v) is 2.30. The summed E-state index contributed by atoms with van der Waals surface area (Å²) >= 11 is 6.91. The van der Waals surface area contributed by atoms with Crippen molar-refractivity contribution in [1.82, 2.24) is 0 Å². The third kappa shape index (κ3) is 3.75. The molecule has 1 aromatic rings. The number of carbonyl (C=O) groups is 2. The predicted octanol–water partition coefficient (Wildman–Crippen LogP) is 2.61. The molecule has 0 bridgehead atoms. The Balaban J connectivity index is 2.80. The molecule has 0 aliphatic carbocycles. The standard InChI is InChI=1S/C10H9ClO4S/c11-6-1-2-7(10(14)15)8(5-6)16-4-3-9(12)13/h1-2,5H,3-4H2,(H,12,13)(H,14,15). The number of hydrogen-bond donors (Lipinski definition) is 2. The van der Waals surface area contributed by atoms with E-state index in [1.807, 2.05) is 0 Å². The first-order valence-electron chi connectivity index (χ1n) is 4.38. The van der Waals surface area contributed by atoms with Gasteiger partial charge in [-0.05, 0) is 18.2 Å². The smallest absolute Gasteiger partial charge is 0.336 e. The summed E-state index contributed by atoms with van der Waals surface area (Å²) in [4.78, 5) is 21.7. The summed E-state index contributed by atoms with van der Waals surface area (Å²) in [5.74, 6) is -1.64. The van der Waals surface area contributed by atoms with Crippen LogP contribution in [-0.2, 0) is 4.79 Å². The number of aliphatic carboxylic acids is 1. The highest BCUT2D eigenvalue weighted by Gasteiger charge is 2.11. The molecule has 4 nitrogen and oxygen atoms in total. The molecule has 1 rings (SSSR count). The van der Waals surface area contributed by atoms with Crippen LogP contribution in [-0.4, -0.2) is 27.9 Å². The van der Waals surface area contributed by atoms with E-state index in [4.69, 9.17) is 21.8 Å². The van der Waals surface area contributed by atoms with Gasteiger partial charge in [-0.2, -0.15) is 0 Å². The molecule has 6 heteroatoms. The zero-order chi connectivity index (χ0) is 12.1. The van der Waals surface area contributed by atoms with Crippen LogP contribution in [0.3, 0.4) is 0 Å². The zero-order valence-electron chi connectivity index (χ0n) is 8.14. The van der Waals surface area contributed by atoms with E-state index in [2.05, 4.69) is 0 Å². The van der Waals surface area contributed by atoms with Crippen molar-refractivity contribution < 1.29 is 19.8 Å². The molecule has 0 aromatic heterocycles. The van der Waals surface area contributed by atoms with Gasteiger partial charge in [-0.1, -0.05) is 11.6 Å². The maximum atomic E-state index is 10.9. The lowest BCUT2D eigenvalue weighted by Crippen LogP contribution is -2.00. The molecule has 0 amide bonds. The van der Waals surface area contributed by atoms with Crippen molar-refractivity contribution in [2.45, 2.75) is 11.3 Å². The minimum absolute atomic E-state index is 0.0176. The number of rotatable bonds is 5. The van der Waals surface area contributed by atoms with Crippen LogP contribution in [0.5, 0.6) is 0 Å². The largest absolute Gasteiger partial charge is 0.481 e. The van der Waals surface area contributed by atoms with Crippen molar-refractivity contribution >= 4 is 35.3 Å². The molecule has 2 N–H and O–H groups in total. The van der Waals surface area contributed by atoms with E-state index in [0.717, 1.165) is 0 Å². The van der Waals surface area contributed by atoms with Crippen molar-refractivity contribution in [2.24, 2.45) is 0 Å². The Labute approximate surface area is 101 Å². The zero-order valence-corrected chi connectivity index (χ0v) is 9.72. The third-order valence-electron chi connectivity index (χ3n) is 1.75. The van der Waals surface area contributed by atoms with E-state index >= 15 is 0 Å². The molecule has 0 spiro atoms. The highest BCUT2D eigenvalue weighted by molar-refractivity contribution is 7.99. The van der Waals surface area contributed by atoms with Gasteiger partial charge in [-0.3, -0.25) is 4.79 Å². The van der Waals surface area contributed by atoms with Crippen molar-refractivity contribution in [1.29, 1.82) is 0 Å². The van der Waals surface area contributed by atoms with Crippen LogP contribution >= 0.6 is 23.4 Å². The number of benzene rings is 1. The van der Waals surface area contributed by atoms with Crippen LogP contribution in [0.25, 0.3) is 0 Å². The van der Waals surface area contributed by atoms with Gasteiger partial charge >= 0.3 is 11.9 Å². The van der Waals surface area contributed by atoms with E-state index < -0.39 is 11.9 Å². The fourth-order valence-electron chi connectivity index (χ4n) is 1.04. The van der Waals surface area contributed by atoms with Gasteiger partial charge in [0.05, 0.1) is 12.0 Å². The van der Waals surface area contributed by atoms with E-state index in [9.17, 15) is 9.59 Å². The van der Waals surface area contributed by atoms with E-state index in [1.54, 1.807) is 0 Å². The first kappa shape index (κ1) is 12.9. The lowest BCUT2D eigenvalue weighted by molar-refractivity contribution is -0.136. The minimum atomic E-state index is -1.05. The Hall–Kier alpha value is -1.20. The van der Waals surface area contributed by atoms with Gasteiger partial charge < -0.3 is 10.2 Å². The maximum absolute atomic E-state index is 10.9. The average Bonchev–Trinajstić information content (AvgIpc) is 2.16. The molecule has 0 fully saturated rings. The van der Waals surface area contributed by atoms with E-state index in [0.29, 0.717) is 15.7 Å². The molecule has 0 heterocycles. The van der Waals surface area contributed by atoms with Crippen molar-refractivity contribution in [2.75, 3.05) is 5.75 Å².